The zero-order valence-electron chi connectivity index (χ0n) is 18.0. The fraction of sp³-hybridized carbons (Fsp3) is 0.111. The van der Waals surface area contributed by atoms with Gasteiger partial charge >= 0.3 is 0 Å². The third kappa shape index (κ3) is 4.78. The molecule has 160 valence electrons. The Morgan fingerprint density at radius 1 is 0.812 bits per heavy atom. The van der Waals surface area contributed by atoms with E-state index in [0.29, 0.717) is 11.3 Å². The Kier molecular flexibility index (Phi) is 6.17. The Hall–Kier alpha value is -4.12. The molecule has 0 saturated carbocycles. The van der Waals surface area contributed by atoms with Crippen LogP contribution in [-0.2, 0) is 0 Å². The molecule has 3 aromatic carbocycles. The van der Waals surface area contributed by atoms with Gasteiger partial charge in [-0.05, 0) is 60.4 Å². The van der Waals surface area contributed by atoms with Crippen molar-refractivity contribution in [3.63, 3.8) is 0 Å². The fourth-order valence-electron chi connectivity index (χ4n) is 3.45. The van der Waals surface area contributed by atoms with E-state index in [-0.39, 0.29) is 23.6 Å². The first-order valence-electron chi connectivity index (χ1n) is 10.4. The summed E-state index contributed by atoms with van der Waals surface area (Å²) >= 11 is 0. The summed E-state index contributed by atoms with van der Waals surface area (Å²) in [6.07, 6.45) is 1.44. The van der Waals surface area contributed by atoms with E-state index in [4.69, 9.17) is 4.42 Å². The number of carbonyl (C=O) groups is 2. The highest BCUT2D eigenvalue weighted by Crippen LogP contribution is 2.23. The lowest BCUT2D eigenvalue weighted by Crippen LogP contribution is -2.26. The molecule has 0 aliphatic carbocycles. The Morgan fingerprint density at radius 3 is 2.22 bits per heavy atom. The summed E-state index contributed by atoms with van der Waals surface area (Å²) in [6, 6.07) is 26.6. The van der Waals surface area contributed by atoms with Crippen LogP contribution in [0.5, 0.6) is 0 Å². The number of aryl methyl sites for hydroxylation is 1. The number of anilines is 1. The summed E-state index contributed by atoms with van der Waals surface area (Å²) in [5, 5.41) is 5.83. The first kappa shape index (κ1) is 21.1. The van der Waals surface area contributed by atoms with Gasteiger partial charge in [-0.25, -0.2) is 0 Å². The smallest absolute Gasteiger partial charge is 0.291 e. The molecule has 1 atom stereocenters. The van der Waals surface area contributed by atoms with Gasteiger partial charge in [0.2, 0.25) is 0 Å². The minimum Gasteiger partial charge on any atom is -0.459 e. The number of nitrogens with one attached hydrogen (secondary N) is 2. The molecule has 4 aromatic rings. The maximum Gasteiger partial charge on any atom is 0.291 e. The molecule has 0 aliphatic heterocycles. The van der Waals surface area contributed by atoms with E-state index in [1.54, 1.807) is 24.3 Å². The normalized spacial score (nSPS) is 11.6. The van der Waals surface area contributed by atoms with E-state index >= 15 is 0 Å². The number of carbonyl (C=O) groups excluding carboxylic acids is 2. The highest BCUT2D eigenvalue weighted by Gasteiger charge is 2.15. The van der Waals surface area contributed by atoms with E-state index in [9.17, 15) is 9.59 Å². The lowest BCUT2D eigenvalue weighted by atomic mass is 10.0. The van der Waals surface area contributed by atoms with Crippen LogP contribution in [0.4, 0.5) is 5.69 Å². The molecule has 0 aliphatic rings. The molecule has 5 nitrogen and oxygen atoms in total. The lowest BCUT2D eigenvalue weighted by molar-refractivity contribution is 0.0938. The van der Waals surface area contributed by atoms with Crippen LogP contribution in [-0.4, -0.2) is 11.8 Å². The van der Waals surface area contributed by atoms with E-state index in [1.807, 2.05) is 50.2 Å². The predicted octanol–water partition coefficient (Wildman–Crippen LogP) is 6.00. The van der Waals surface area contributed by atoms with Crippen LogP contribution in [0.25, 0.3) is 11.1 Å². The largest absolute Gasteiger partial charge is 0.459 e. The summed E-state index contributed by atoms with van der Waals surface area (Å²) in [7, 11) is 0. The molecule has 0 radical (unpaired) electrons. The number of hydrogen-bond acceptors (Lipinski definition) is 3. The van der Waals surface area contributed by atoms with Crippen molar-refractivity contribution in [2.24, 2.45) is 0 Å². The van der Waals surface area contributed by atoms with Gasteiger partial charge in [0.15, 0.2) is 5.76 Å². The van der Waals surface area contributed by atoms with Crippen LogP contribution in [0.15, 0.2) is 95.6 Å². The molecular formula is C27H24N2O3. The molecule has 0 spiro atoms. The Morgan fingerprint density at radius 2 is 1.53 bits per heavy atom. The summed E-state index contributed by atoms with van der Waals surface area (Å²) in [6.45, 7) is 3.82. The number of rotatable bonds is 6. The highest BCUT2D eigenvalue weighted by atomic mass is 16.3. The van der Waals surface area contributed by atoms with Crippen molar-refractivity contribution >= 4 is 17.5 Å². The second-order valence-electron chi connectivity index (χ2n) is 7.64. The molecular weight excluding hydrogens is 400 g/mol. The maximum absolute atomic E-state index is 12.9. The average molecular weight is 425 g/mol. The summed E-state index contributed by atoms with van der Waals surface area (Å²) in [5.41, 5.74) is 5.18. The number of furan rings is 1. The molecule has 2 amide bonds. The van der Waals surface area contributed by atoms with Crippen LogP contribution in [0.2, 0.25) is 0 Å². The van der Waals surface area contributed by atoms with Crippen molar-refractivity contribution in [2.75, 3.05) is 5.32 Å². The van der Waals surface area contributed by atoms with Gasteiger partial charge in [0.1, 0.15) is 0 Å². The average Bonchev–Trinajstić information content (AvgIpc) is 3.36. The van der Waals surface area contributed by atoms with Crippen LogP contribution in [0, 0.1) is 6.92 Å². The molecule has 0 saturated heterocycles. The van der Waals surface area contributed by atoms with Crippen LogP contribution < -0.4 is 10.6 Å². The van der Waals surface area contributed by atoms with Gasteiger partial charge in [0, 0.05) is 11.3 Å². The van der Waals surface area contributed by atoms with Crippen LogP contribution >= 0.6 is 0 Å². The maximum atomic E-state index is 12.9. The van der Waals surface area contributed by atoms with Gasteiger partial charge in [0.05, 0.1) is 12.3 Å². The van der Waals surface area contributed by atoms with E-state index in [2.05, 4.69) is 34.9 Å². The standard InChI is InChI=1S/C27H24N2O3/c1-18-10-11-23(17-24(18)29-27(31)25-9-6-16-32-25)26(30)28-19(2)20-12-14-22(15-13-20)21-7-4-3-5-8-21/h3-17,19H,1-2H3,(H,28,30)(H,29,31)/t19-/m1/s1. The van der Waals surface area contributed by atoms with Crippen LogP contribution in [0.3, 0.4) is 0 Å². The number of amides is 2. The molecule has 0 bridgehead atoms. The van der Waals surface area contributed by atoms with Gasteiger partial charge in [-0.3, -0.25) is 9.59 Å². The van der Waals surface area contributed by atoms with Crippen molar-refractivity contribution in [1.82, 2.24) is 5.32 Å². The van der Waals surface area contributed by atoms with Crippen molar-refractivity contribution in [3.8, 4) is 11.1 Å². The molecule has 2 N–H and O–H groups in total. The van der Waals surface area contributed by atoms with Crippen molar-refractivity contribution < 1.29 is 14.0 Å². The predicted molar refractivity (Wildman–Crippen MR) is 126 cm³/mol. The third-order valence-electron chi connectivity index (χ3n) is 5.36. The van der Waals surface area contributed by atoms with Crippen molar-refractivity contribution in [2.45, 2.75) is 19.9 Å². The van der Waals surface area contributed by atoms with Crippen LogP contribution in [0.1, 0.15) is 45.0 Å². The van der Waals surface area contributed by atoms with Gasteiger partial charge in [-0.2, -0.15) is 0 Å². The Balaban J connectivity index is 1.44. The van der Waals surface area contributed by atoms with Gasteiger partial charge in [-0.15, -0.1) is 0 Å². The van der Waals surface area contributed by atoms with Crippen molar-refractivity contribution in [3.05, 3.63) is 114 Å². The van der Waals surface area contributed by atoms with E-state index in [1.165, 1.54) is 6.26 Å². The van der Waals surface area contributed by atoms with Gasteiger partial charge < -0.3 is 15.1 Å². The molecule has 1 heterocycles. The quantitative estimate of drug-likeness (QED) is 0.399. The van der Waals surface area contributed by atoms with E-state index in [0.717, 1.165) is 22.3 Å². The van der Waals surface area contributed by atoms with Gasteiger partial charge in [0.25, 0.3) is 11.8 Å². The molecule has 32 heavy (non-hydrogen) atoms. The Labute approximate surface area is 187 Å². The van der Waals surface area contributed by atoms with Crippen molar-refractivity contribution in [1.29, 1.82) is 0 Å². The summed E-state index contributed by atoms with van der Waals surface area (Å²) in [5.74, 6) is -0.354. The first-order chi connectivity index (χ1) is 15.5. The third-order valence-corrected chi connectivity index (χ3v) is 5.36. The highest BCUT2D eigenvalue weighted by molar-refractivity contribution is 6.04. The molecule has 5 heteroatoms. The first-order valence-corrected chi connectivity index (χ1v) is 10.4. The second kappa shape index (κ2) is 9.35. The zero-order chi connectivity index (χ0) is 22.5. The second-order valence-corrected chi connectivity index (χ2v) is 7.64. The molecule has 4 rings (SSSR count). The number of benzene rings is 3. The SMILES string of the molecule is Cc1ccc(C(=O)N[C@H](C)c2ccc(-c3ccccc3)cc2)cc1NC(=O)c1ccco1. The topological polar surface area (TPSA) is 71.3 Å². The lowest BCUT2D eigenvalue weighted by Gasteiger charge is -2.16. The zero-order valence-corrected chi connectivity index (χ0v) is 18.0. The molecule has 0 unspecified atom stereocenters. The minimum atomic E-state index is -0.359. The fourth-order valence-corrected chi connectivity index (χ4v) is 3.45. The van der Waals surface area contributed by atoms with E-state index < -0.39 is 0 Å². The molecule has 1 aromatic heterocycles. The van der Waals surface area contributed by atoms with Gasteiger partial charge in [-0.1, -0.05) is 60.7 Å². The molecule has 0 fully saturated rings. The summed E-state index contributed by atoms with van der Waals surface area (Å²) in [4.78, 5) is 25.1. The number of hydrogen-bond donors (Lipinski definition) is 2. The summed E-state index contributed by atoms with van der Waals surface area (Å²) < 4.78 is 5.13. The monoisotopic (exact) mass is 424 g/mol. The Bertz CT molecular complexity index is 1210. The minimum absolute atomic E-state index is 0.171.